The number of ether oxygens (including phenoxy) is 3. The molecule has 0 atom stereocenters. The summed E-state index contributed by atoms with van der Waals surface area (Å²) in [7, 11) is 0. The number of nitrogens with zero attached hydrogens (tertiary/aromatic N) is 2. The van der Waals surface area contributed by atoms with Gasteiger partial charge in [-0.1, -0.05) is 36.4 Å². The Labute approximate surface area is 158 Å². The van der Waals surface area contributed by atoms with Gasteiger partial charge in [0, 0.05) is 36.9 Å². The molecule has 0 amide bonds. The monoisotopic (exact) mass is 362 g/mol. The van der Waals surface area contributed by atoms with E-state index in [0.717, 1.165) is 49.8 Å². The van der Waals surface area contributed by atoms with Crippen LogP contribution in [0.1, 0.15) is 30.0 Å². The summed E-state index contributed by atoms with van der Waals surface area (Å²) in [4.78, 5) is 4.80. The standard InChI is InChI=1S/C22H22N2O3/c1-2-4-17(5-3-1)21-22(18-8-10-25-11-9-18)24(14-23-21)13-16-6-7-19-20(12-16)27-15-26-19/h1-7,12,14,18H,8-11,13,15H2. The van der Waals surface area contributed by atoms with Crippen LogP contribution in [0.4, 0.5) is 0 Å². The number of rotatable bonds is 4. The third-order valence-corrected chi connectivity index (χ3v) is 5.32. The van der Waals surface area contributed by atoms with Crippen molar-refractivity contribution in [2.24, 2.45) is 0 Å². The highest BCUT2D eigenvalue weighted by Crippen LogP contribution is 2.36. The number of imidazole rings is 1. The van der Waals surface area contributed by atoms with Crippen molar-refractivity contribution in [3.63, 3.8) is 0 Å². The van der Waals surface area contributed by atoms with Crippen molar-refractivity contribution in [3.8, 4) is 22.8 Å². The Morgan fingerprint density at radius 2 is 1.78 bits per heavy atom. The molecular formula is C22H22N2O3. The van der Waals surface area contributed by atoms with Crippen molar-refractivity contribution < 1.29 is 14.2 Å². The highest BCUT2D eigenvalue weighted by Gasteiger charge is 2.25. The van der Waals surface area contributed by atoms with Gasteiger partial charge >= 0.3 is 0 Å². The van der Waals surface area contributed by atoms with Crippen molar-refractivity contribution in [3.05, 3.63) is 66.1 Å². The quantitative estimate of drug-likeness (QED) is 0.697. The van der Waals surface area contributed by atoms with Crippen LogP contribution in [0.25, 0.3) is 11.3 Å². The molecule has 2 aromatic carbocycles. The zero-order valence-corrected chi connectivity index (χ0v) is 15.1. The fraction of sp³-hybridized carbons (Fsp3) is 0.318. The summed E-state index contributed by atoms with van der Waals surface area (Å²) in [6.45, 7) is 2.70. The molecule has 1 saturated heterocycles. The Hall–Kier alpha value is -2.79. The number of hydrogen-bond donors (Lipinski definition) is 0. The molecule has 27 heavy (non-hydrogen) atoms. The Morgan fingerprint density at radius 1 is 0.963 bits per heavy atom. The lowest BCUT2D eigenvalue weighted by molar-refractivity contribution is 0.0839. The van der Waals surface area contributed by atoms with E-state index >= 15 is 0 Å². The smallest absolute Gasteiger partial charge is 0.231 e. The molecule has 1 fully saturated rings. The molecule has 0 saturated carbocycles. The lowest BCUT2D eigenvalue weighted by Gasteiger charge is -2.24. The molecule has 0 radical (unpaired) electrons. The SMILES string of the molecule is c1ccc(-c2ncn(Cc3ccc4c(c3)OCO4)c2C2CCOCC2)cc1. The summed E-state index contributed by atoms with van der Waals surface area (Å²) >= 11 is 0. The molecule has 2 aliphatic rings. The van der Waals surface area contributed by atoms with E-state index in [1.165, 1.54) is 16.8 Å². The van der Waals surface area contributed by atoms with Crippen LogP contribution in [0, 0.1) is 0 Å². The van der Waals surface area contributed by atoms with E-state index in [-0.39, 0.29) is 0 Å². The van der Waals surface area contributed by atoms with Crippen LogP contribution in [0.5, 0.6) is 11.5 Å². The third kappa shape index (κ3) is 3.19. The van der Waals surface area contributed by atoms with E-state index in [1.807, 2.05) is 18.5 Å². The number of aromatic nitrogens is 2. The first-order valence-electron chi connectivity index (χ1n) is 9.45. The predicted molar refractivity (Wildman–Crippen MR) is 102 cm³/mol. The van der Waals surface area contributed by atoms with Crippen LogP contribution in [0.2, 0.25) is 0 Å². The second-order valence-corrected chi connectivity index (χ2v) is 7.05. The van der Waals surface area contributed by atoms with E-state index in [9.17, 15) is 0 Å². The summed E-state index contributed by atoms with van der Waals surface area (Å²) in [6, 6.07) is 16.6. The first kappa shape index (κ1) is 16.4. The third-order valence-electron chi connectivity index (χ3n) is 5.32. The molecule has 5 rings (SSSR count). The van der Waals surface area contributed by atoms with Gasteiger partial charge < -0.3 is 18.8 Å². The summed E-state index contributed by atoms with van der Waals surface area (Å²) in [5.74, 6) is 2.10. The summed E-state index contributed by atoms with van der Waals surface area (Å²) in [5.41, 5.74) is 4.75. The maximum Gasteiger partial charge on any atom is 0.231 e. The highest BCUT2D eigenvalue weighted by molar-refractivity contribution is 5.62. The zero-order valence-electron chi connectivity index (χ0n) is 15.1. The molecular weight excluding hydrogens is 340 g/mol. The van der Waals surface area contributed by atoms with Crippen molar-refractivity contribution in [2.75, 3.05) is 20.0 Å². The minimum absolute atomic E-state index is 0.301. The van der Waals surface area contributed by atoms with E-state index in [4.69, 9.17) is 19.2 Å². The van der Waals surface area contributed by atoms with Gasteiger partial charge in [0.1, 0.15) is 0 Å². The van der Waals surface area contributed by atoms with Crippen LogP contribution in [0.15, 0.2) is 54.9 Å². The summed E-state index contributed by atoms with van der Waals surface area (Å²) < 4.78 is 18.8. The predicted octanol–water partition coefficient (Wildman–Crippen LogP) is 4.22. The maximum absolute atomic E-state index is 5.59. The average molecular weight is 362 g/mol. The Balaban J connectivity index is 1.52. The van der Waals surface area contributed by atoms with Gasteiger partial charge in [-0.25, -0.2) is 4.98 Å². The highest BCUT2D eigenvalue weighted by atomic mass is 16.7. The second-order valence-electron chi connectivity index (χ2n) is 7.05. The molecule has 0 bridgehead atoms. The summed E-state index contributed by atoms with van der Waals surface area (Å²) in [5, 5.41) is 0. The van der Waals surface area contributed by atoms with Gasteiger partial charge in [-0.05, 0) is 30.5 Å². The lowest BCUT2D eigenvalue weighted by Crippen LogP contribution is -2.18. The minimum atomic E-state index is 0.301. The van der Waals surface area contributed by atoms with E-state index in [0.29, 0.717) is 12.7 Å². The molecule has 0 aliphatic carbocycles. The van der Waals surface area contributed by atoms with E-state index in [2.05, 4.69) is 41.0 Å². The number of hydrogen-bond acceptors (Lipinski definition) is 4. The van der Waals surface area contributed by atoms with Crippen molar-refractivity contribution in [1.82, 2.24) is 9.55 Å². The molecule has 0 unspecified atom stereocenters. The topological polar surface area (TPSA) is 45.5 Å². The average Bonchev–Trinajstić information content (AvgIpc) is 3.36. The fourth-order valence-electron chi connectivity index (χ4n) is 3.97. The van der Waals surface area contributed by atoms with Gasteiger partial charge in [0.25, 0.3) is 0 Å². The molecule has 3 aromatic rings. The molecule has 5 heteroatoms. The first-order chi connectivity index (χ1) is 13.4. The van der Waals surface area contributed by atoms with Gasteiger partial charge in [-0.2, -0.15) is 0 Å². The van der Waals surface area contributed by atoms with Crippen LogP contribution in [-0.4, -0.2) is 29.6 Å². The maximum atomic E-state index is 5.59. The van der Waals surface area contributed by atoms with Crippen molar-refractivity contribution in [1.29, 1.82) is 0 Å². The van der Waals surface area contributed by atoms with Crippen LogP contribution >= 0.6 is 0 Å². The molecule has 1 aromatic heterocycles. The van der Waals surface area contributed by atoms with Gasteiger partial charge in [-0.3, -0.25) is 0 Å². The van der Waals surface area contributed by atoms with E-state index in [1.54, 1.807) is 0 Å². The molecule has 3 heterocycles. The van der Waals surface area contributed by atoms with Crippen LogP contribution < -0.4 is 9.47 Å². The van der Waals surface area contributed by atoms with Crippen molar-refractivity contribution >= 4 is 0 Å². The molecule has 5 nitrogen and oxygen atoms in total. The molecule has 2 aliphatic heterocycles. The van der Waals surface area contributed by atoms with Gasteiger partial charge in [0.05, 0.1) is 12.0 Å². The van der Waals surface area contributed by atoms with Crippen molar-refractivity contribution in [2.45, 2.75) is 25.3 Å². The Bertz CT molecular complexity index is 930. The minimum Gasteiger partial charge on any atom is -0.454 e. The Kier molecular flexibility index (Phi) is 4.30. The lowest BCUT2D eigenvalue weighted by atomic mass is 9.92. The van der Waals surface area contributed by atoms with Gasteiger partial charge in [0.15, 0.2) is 11.5 Å². The molecule has 0 N–H and O–H groups in total. The summed E-state index contributed by atoms with van der Waals surface area (Å²) in [6.07, 6.45) is 4.04. The first-order valence-corrected chi connectivity index (χ1v) is 9.45. The van der Waals surface area contributed by atoms with Crippen LogP contribution in [0.3, 0.4) is 0 Å². The second kappa shape index (κ2) is 7.08. The number of benzene rings is 2. The van der Waals surface area contributed by atoms with Gasteiger partial charge in [0.2, 0.25) is 6.79 Å². The normalized spacial score (nSPS) is 16.6. The Morgan fingerprint density at radius 3 is 2.63 bits per heavy atom. The zero-order chi connectivity index (χ0) is 18.1. The molecule has 138 valence electrons. The molecule has 0 spiro atoms. The van der Waals surface area contributed by atoms with Crippen LogP contribution in [-0.2, 0) is 11.3 Å². The largest absolute Gasteiger partial charge is 0.454 e. The van der Waals surface area contributed by atoms with E-state index < -0.39 is 0 Å². The number of fused-ring (bicyclic) bond motifs is 1. The fourth-order valence-corrected chi connectivity index (χ4v) is 3.97. The van der Waals surface area contributed by atoms with Gasteiger partial charge in [-0.15, -0.1) is 0 Å².